The van der Waals surface area contributed by atoms with E-state index in [1.165, 1.54) is 0 Å². The van der Waals surface area contributed by atoms with Gasteiger partial charge in [0.15, 0.2) is 0 Å². The summed E-state index contributed by atoms with van der Waals surface area (Å²) < 4.78 is 5.58. The Balaban J connectivity index is 1.93. The minimum atomic E-state index is -0.0743. The van der Waals surface area contributed by atoms with Gasteiger partial charge in [0.05, 0.1) is 5.92 Å². The van der Waals surface area contributed by atoms with Crippen LogP contribution in [0.1, 0.15) is 12.0 Å². The lowest BCUT2D eigenvalue weighted by Gasteiger charge is -2.24. The van der Waals surface area contributed by atoms with Crippen LogP contribution in [0.4, 0.5) is 0 Å². The quantitative estimate of drug-likeness (QED) is 0.635. The molecule has 1 aliphatic rings. The highest BCUT2D eigenvalue weighted by molar-refractivity contribution is 5.79. The number of hydrogen-bond acceptors (Lipinski definition) is 2. The Labute approximate surface area is 101 Å². The van der Waals surface area contributed by atoms with Crippen LogP contribution in [0.15, 0.2) is 36.9 Å². The third-order valence-electron chi connectivity index (χ3n) is 2.90. The van der Waals surface area contributed by atoms with E-state index in [2.05, 4.69) is 11.9 Å². The molecule has 90 valence electrons. The number of amides is 1. The first-order chi connectivity index (χ1) is 8.31. The van der Waals surface area contributed by atoms with E-state index in [9.17, 15) is 4.79 Å². The van der Waals surface area contributed by atoms with Gasteiger partial charge in [0.25, 0.3) is 0 Å². The van der Waals surface area contributed by atoms with Crippen molar-refractivity contribution in [2.75, 3.05) is 13.2 Å². The Kier molecular flexibility index (Phi) is 3.81. The minimum absolute atomic E-state index is 0.0707. The number of nitrogens with one attached hydrogen (secondary N) is 1. The first-order valence-corrected chi connectivity index (χ1v) is 5.90. The molecule has 0 radical (unpaired) electrons. The van der Waals surface area contributed by atoms with Gasteiger partial charge in [-0.25, -0.2) is 0 Å². The monoisotopic (exact) mass is 231 g/mol. The van der Waals surface area contributed by atoms with Crippen LogP contribution < -0.4 is 10.1 Å². The van der Waals surface area contributed by atoms with Crippen molar-refractivity contribution in [3.8, 4) is 5.75 Å². The Morgan fingerprint density at radius 3 is 3.18 bits per heavy atom. The van der Waals surface area contributed by atoms with E-state index in [1.807, 2.05) is 24.3 Å². The maximum absolute atomic E-state index is 11.9. The van der Waals surface area contributed by atoms with Crippen LogP contribution >= 0.6 is 0 Å². The molecule has 1 atom stereocenters. The van der Waals surface area contributed by atoms with E-state index in [1.54, 1.807) is 6.08 Å². The molecule has 1 amide bonds. The third-order valence-corrected chi connectivity index (χ3v) is 2.90. The molecule has 0 saturated carbocycles. The van der Waals surface area contributed by atoms with Gasteiger partial charge in [0.2, 0.25) is 5.91 Å². The highest BCUT2D eigenvalue weighted by Crippen LogP contribution is 2.26. The van der Waals surface area contributed by atoms with Crippen molar-refractivity contribution < 1.29 is 9.53 Å². The fourth-order valence-electron chi connectivity index (χ4n) is 1.94. The summed E-state index contributed by atoms with van der Waals surface area (Å²) in [5, 5.41) is 2.89. The van der Waals surface area contributed by atoms with E-state index in [0.717, 1.165) is 24.2 Å². The van der Waals surface area contributed by atoms with Crippen LogP contribution in [0.2, 0.25) is 0 Å². The zero-order valence-electron chi connectivity index (χ0n) is 9.82. The molecule has 0 bridgehead atoms. The lowest BCUT2D eigenvalue weighted by molar-refractivity contribution is -0.126. The first kappa shape index (κ1) is 11.7. The molecule has 0 spiro atoms. The molecule has 1 unspecified atom stereocenters. The molecule has 1 heterocycles. The summed E-state index contributed by atoms with van der Waals surface area (Å²) in [5.74, 6) is 0.902. The second kappa shape index (κ2) is 5.53. The van der Waals surface area contributed by atoms with Gasteiger partial charge in [-0.15, -0.1) is 6.58 Å². The van der Waals surface area contributed by atoms with Crippen LogP contribution in [-0.2, 0) is 11.2 Å². The number of ether oxygens (including phenoxy) is 1. The molecule has 0 aliphatic carbocycles. The van der Waals surface area contributed by atoms with Crippen LogP contribution in [0.25, 0.3) is 0 Å². The molecule has 1 aromatic rings. The average Bonchev–Trinajstić information content (AvgIpc) is 2.38. The molecule has 0 saturated heterocycles. The number of benzene rings is 1. The van der Waals surface area contributed by atoms with Gasteiger partial charge in [0.1, 0.15) is 12.4 Å². The van der Waals surface area contributed by atoms with Crippen molar-refractivity contribution in [3.05, 3.63) is 42.5 Å². The Bertz CT molecular complexity index is 414. The highest BCUT2D eigenvalue weighted by Gasteiger charge is 2.25. The summed E-state index contributed by atoms with van der Waals surface area (Å²) in [6.45, 7) is 4.75. The highest BCUT2D eigenvalue weighted by atomic mass is 16.5. The largest absolute Gasteiger partial charge is 0.492 e. The van der Waals surface area contributed by atoms with Crippen molar-refractivity contribution in [1.29, 1.82) is 0 Å². The minimum Gasteiger partial charge on any atom is -0.492 e. The lowest BCUT2D eigenvalue weighted by atomic mass is 9.96. The fourth-order valence-corrected chi connectivity index (χ4v) is 1.94. The molecule has 1 aromatic carbocycles. The zero-order chi connectivity index (χ0) is 12.1. The number of para-hydroxylation sites is 1. The second-order valence-electron chi connectivity index (χ2n) is 4.19. The summed E-state index contributed by atoms with van der Waals surface area (Å²) in [5.41, 5.74) is 1.11. The molecule has 17 heavy (non-hydrogen) atoms. The van der Waals surface area contributed by atoms with Gasteiger partial charge >= 0.3 is 0 Å². The summed E-state index contributed by atoms with van der Waals surface area (Å²) in [6, 6.07) is 7.88. The van der Waals surface area contributed by atoms with E-state index in [0.29, 0.717) is 13.2 Å². The van der Waals surface area contributed by atoms with Gasteiger partial charge in [-0.3, -0.25) is 4.79 Å². The summed E-state index contributed by atoms with van der Waals surface area (Å²) in [6.07, 6.45) is 3.36. The van der Waals surface area contributed by atoms with Crippen LogP contribution in [-0.4, -0.2) is 19.1 Å². The Morgan fingerprint density at radius 1 is 1.53 bits per heavy atom. The third kappa shape index (κ3) is 2.87. The number of rotatable bonds is 4. The molecular weight excluding hydrogens is 214 g/mol. The van der Waals surface area contributed by atoms with Crippen molar-refractivity contribution in [1.82, 2.24) is 5.32 Å². The van der Waals surface area contributed by atoms with Crippen molar-refractivity contribution in [3.63, 3.8) is 0 Å². The summed E-state index contributed by atoms with van der Waals surface area (Å²) in [4.78, 5) is 11.9. The predicted molar refractivity (Wildman–Crippen MR) is 67.0 cm³/mol. The van der Waals surface area contributed by atoms with Gasteiger partial charge < -0.3 is 10.1 Å². The smallest absolute Gasteiger partial charge is 0.226 e. The Morgan fingerprint density at radius 2 is 2.35 bits per heavy atom. The summed E-state index contributed by atoms with van der Waals surface area (Å²) in [7, 11) is 0. The van der Waals surface area contributed by atoms with Crippen molar-refractivity contribution in [2.45, 2.75) is 12.8 Å². The molecule has 1 N–H and O–H groups in total. The lowest BCUT2D eigenvalue weighted by Crippen LogP contribution is -2.37. The van der Waals surface area contributed by atoms with E-state index < -0.39 is 0 Å². The number of carbonyl (C=O) groups excluding carboxylic acids is 1. The van der Waals surface area contributed by atoms with Gasteiger partial charge in [-0.05, 0) is 24.5 Å². The molecule has 3 nitrogen and oxygen atoms in total. The Hall–Kier alpha value is -1.77. The topological polar surface area (TPSA) is 38.3 Å². The van der Waals surface area contributed by atoms with Crippen molar-refractivity contribution >= 4 is 5.91 Å². The van der Waals surface area contributed by atoms with Gasteiger partial charge in [-0.1, -0.05) is 24.3 Å². The second-order valence-corrected chi connectivity index (χ2v) is 4.19. The molecule has 3 heteroatoms. The van der Waals surface area contributed by atoms with Crippen LogP contribution in [0.5, 0.6) is 5.75 Å². The average molecular weight is 231 g/mol. The molecule has 2 rings (SSSR count). The number of fused-ring (bicyclic) bond motifs is 1. The van der Waals surface area contributed by atoms with Crippen LogP contribution in [0.3, 0.4) is 0 Å². The maximum atomic E-state index is 11.9. The standard InChI is InChI=1S/C14H17NO2/c1-2-3-8-15-14(16)12-9-11-6-4-5-7-13(11)17-10-12/h2,4-7,12H,1,3,8-10H2,(H,15,16). The maximum Gasteiger partial charge on any atom is 0.226 e. The number of carbonyl (C=O) groups is 1. The first-order valence-electron chi connectivity index (χ1n) is 5.90. The molecule has 0 fully saturated rings. The normalized spacial score (nSPS) is 17.8. The van der Waals surface area contributed by atoms with Crippen molar-refractivity contribution in [2.24, 2.45) is 5.92 Å². The fraction of sp³-hybridized carbons (Fsp3) is 0.357. The van der Waals surface area contributed by atoms with Gasteiger partial charge in [0, 0.05) is 6.54 Å². The molecule has 1 aliphatic heterocycles. The van der Waals surface area contributed by atoms with E-state index in [-0.39, 0.29) is 11.8 Å². The SMILES string of the molecule is C=CCCNC(=O)C1COc2ccccc2C1. The molecular formula is C14H17NO2. The summed E-state index contributed by atoms with van der Waals surface area (Å²) >= 11 is 0. The van der Waals surface area contributed by atoms with E-state index in [4.69, 9.17) is 4.74 Å². The van der Waals surface area contributed by atoms with Gasteiger partial charge in [-0.2, -0.15) is 0 Å². The van der Waals surface area contributed by atoms with E-state index >= 15 is 0 Å². The molecule has 0 aromatic heterocycles. The predicted octanol–water partition coefficient (Wildman–Crippen LogP) is 1.93. The zero-order valence-corrected chi connectivity index (χ0v) is 9.82. The van der Waals surface area contributed by atoms with Crippen LogP contribution in [0, 0.1) is 5.92 Å². The number of hydrogen-bond donors (Lipinski definition) is 1.